The number of carbonyl (C=O) groups is 1. The highest BCUT2D eigenvalue weighted by atomic mass is 32.2. The van der Waals surface area contributed by atoms with E-state index in [2.05, 4.69) is 11.9 Å². The first-order chi connectivity index (χ1) is 9.72. The summed E-state index contributed by atoms with van der Waals surface area (Å²) >= 11 is 1.15. The minimum Gasteiger partial charge on any atom is -0.375 e. The molecule has 0 amide bonds. The fourth-order valence-electron chi connectivity index (χ4n) is 1.35. The van der Waals surface area contributed by atoms with Crippen LogP contribution in [0.5, 0.6) is 0 Å². The molecule has 5 heteroatoms. The lowest BCUT2D eigenvalue weighted by atomic mass is 10.2. The van der Waals surface area contributed by atoms with Gasteiger partial charge in [-0.05, 0) is 0 Å². The number of nitrogens with one attached hydrogen (secondary N) is 1. The van der Waals surface area contributed by atoms with Crippen molar-refractivity contribution in [2.24, 2.45) is 0 Å². The molecule has 0 radical (unpaired) electrons. The number of carbonyl (C=O) groups excluding carboxylic acids is 1. The lowest BCUT2D eigenvalue weighted by Gasteiger charge is -2.08. The number of Topliss-reactive ketones (excluding diaryl/α,β-unsaturated/α-hetero) is 1. The molecule has 0 heterocycles. The third-order valence-electron chi connectivity index (χ3n) is 2.30. The normalized spacial score (nSPS) is 8.90. The maximum atomic E-state index is 12.0. The van der Waals surface area contributed by atoms with Crippen molar-refractivity contribution in [3.63, 3.8) is 0 Å². The number of nitriles is 2. The van der Waals surface area contributed by atoms with Gasteiger partial charge >= 0.3 is 0 Å². The number of ketones is 1. The van der Waals surface area contributed by atoms with Crippen molar-refractivity contribution in [1.82, 2.24) is 5.32 Å². The van der Waals surface area contributed by atoms with Gasteiger partial charge in [0.05, 0.1) is 10.8 Å². The minimum atomic E-state index is -0.0521. The average molecular weight is 283 g/mol. The van der Waals surface area contributed by atoms with Crippen molar-refractivity contribution in [1.29, 1.82) is 10.5 Å². The van der Waals surface area contributed by atoms with E-state index in [0.29, 0.717) is 17.1 Å². The van der Waals surface area contributed by atoms with Crippen molar-refractivity contribution in [3.8, 4) is 12.1 Å². The molecule has 0 aliphatic rings. The van der Waals surface area contributed by atoms with E-state index < -0.39 is 0 Å². The van der Waals surface area contributed by atoms with Crippen LogP contribution in [0.25, 0.3) is 0 Å². The quantitative estimate of drug-likeness (QED) is 0.473. The summed E-state index contributed by atoms with van der Waals surface area (Å²) in [5.74, 6) is 0.111. The van der Waals surface area contributed by atoms with Gasteiger partial charge in [0.1, 0.15) is 12.1 Å². The lowest BCUT2D eigenvalue weighted by Crippen LogP contribution is -2.14. The van der Waals surface area contributed by atoms with Crippen molar-refractivity contribution in [2.75, 3.05) is 12.3 Å². The van der Waals surface area contributed by atoms with E-state index in [-0.39, 0.29) is 17.1 Å². The zero-order valence-corrected chi connectivity index (χ0v) is 11.6. The molecule has 0 aliphatic heterocycles. The molecule has 0 spiro atoms. The second kappa shape index (κ2) is 8.58. The molecule has 1 aromatic rings. The third-order valence-corrected chi connectivity index (χ3v) is 3.34. The van der Waals surface area contributed by atoms with Gasteiger partial charge < -0.3 is 5.32 Å². The predicted molar refractivity (Wildman–Crippen MR) is 79.7 cm³/mol. The molecule has 0 unspecified atom stereocenters. The van der Waals surface area contributed by atoms with Crippen molar-refractivity contribution in [3.05, 3.63) is 59.2 Å². The van der Waals surface area contributed by atoms with Gasteiger partial charge in [-0.1, -0.05) is 48.2 Å². The maximum absolute atomic E-state index is 12.0. The first-order valence-electron chi connectivity index (χ1n) is 5.83. The van der Waals surface area contributed by atoms with Crippen LogP contribution in [0.2, 0.25) is 0 Å². The molecule has 0 aromatic heterocycles. The van der Waals surface area contributed by atoms with E-state index in [1.54, 1.807) is 30.3 Å². The maximum Gasteiger partial charge on any atom is 0.173 e. The number of thioether (sulfide) groups is 1. The van der Waals surface area contributed by atoms with E-state index in [0.717, 1.165) is 11.8 Å². The van der Waals surface area contributed by atoms with E-state index in [1.807, 2.05) is 18.2 Å². The van der Waals surface area contributed by atoms with Crippen LogP contribution in [0, 0.1) is 22.7 Å². The van der Waals surface area contributed by atoms with E-state index >= 15 is 0 Å². The van der Waals surface area contributed by atoms with Gasteiger partial charge in [-0.3, -0.25) is 4.79 Å². The highest BCUT2D eigenvalue weighted by Gasteiger charge is 2.11. The SMILES string of the molecule is C=CCNC(SCC(=O)c1ccccc1)=C(C#N)C#N. The Hall–Kier alpha value is -2.50. The molecule has 0 saturated heterocycles. The smallest absolute Gasteiger partial charge is 0.173 e. The van der Waals surface area contributed by atoms with Crippen LogP contribution >= 0.6 is 11.8 Å². The molecule has 1 aromatic carbocycles. The third kappa shape index (κ3) is 4.64. The first kappa shape index (κ1) is 15.6. The van der Waals surface area contributed by atoms with Gasteiger partial charge in [-0.15, -0.1) is 6.58 Å². The fourth-order valence-corrected chi connectivity index (χ4v) is 2.21. The zero-order valence-electron chi connectivity index (χ0n) is 10.8. The largest absolute Gasteiger partial charge is 0.375 e. The standard InChI is InChI=1S/C15H13N3OS/c1-2-8-18-15(13(9-16)10-17)20-11-14(19)12-6-4-3-5-7-12/h2-7,18H,1,8,11H2. The summed E-state index contributed by atoms with van der Waals surface area (Å²) in [7, 11) is 0. The van der Waals surface area contributed by atoms with Gasteiger partial charge in [0.2, 0.25) is 0 Å². The summed E-state index contributed by atoms with van der Waals surface area (Å²) in [5.41, 5.74) is 0.580. The van der Waals surface area contributed by atoms with Gasteiger partial charge in [-0.25, -0.2) is 0 Å². The highest BCUT2D eigenvalue weighted by Crippen LogP contribution is 2.18. The predicted octanol–water partition coefficient (Wildman–Crippen LogP) is 2.64. The molecule has 0 bridgehead atoms. The second-order valence-corrected chi connectivity index (χ2v) is 4.66. The van der Waals surface area contributed by atoms with Gasteiger partial charge in [0.25, 0.3) is 0 Å². The number of nitrogens with zero attached hydrogens (tertiary/aromatic N) is 2. The lowest BCUT2D eigenvalue weighted by molar-refractivity contribution is 0.102. The van der Waals surface area contributed by atoms with Crippen molar-refractivity contribution < 1.29 is 4.79 Å². The molecule has 1 N–H and O–H groups in total. The Morgan fingerprint density at radius 2 is 1.95 bits per heavy atom. The summed E-state index contributed by atoms with van der Waals surface area (Å²) in [5, 5.41) is 21.1. The Labute approximate surface area is 122 Å². The van der Waals surface area contributed by atoms with Crippen LogP contribution in [0.4, 0.5) is 0 Å². The van der Waals surface area contributed by atoms with Crippen LogP contribution < -0.4 is 5.32 Å². The molecule has 0 aliphatic carbocycles. The van der Waals surface area contributed by atoms with Crippen LogP contribution in [0.3, 0.4) is 0 Å². The summed E-state index contributed by atoms with van der Waals surface area (Å²) in [6, 6.07) is 12.5. The Balaban J connectivity index is 2.76. The molecular formula is C15H13N3OS. The number of rotatable bonds is 7. The number of hydrogen-bond donors (Lipinski definition) is 1. The summed E-state index contributed by atoms with van der Waals surface area (Å²) in [6.45, 7) is 3.98. The second-order valence-electron chi connectivity index (χ2n) is 3.68. The van der Waals surface area contributed by atoms with Crippen LogP contribution in [-0.2, 0) is 0 Å². The number of hydrogen-bond acceptors (Lipinski definition) is 5. The zero-order chi connectivity index (χ0) is 14.8. The Morgan fingerprint density at radius 1 is 1.30 bits per heavy atom. The molecule has 0 atom stereocenters. The van der Waals surface area contributed by atoms with Crippen LogP contribution in [-0.4, -0.2) is 18.1 Å². The molecule has 0 fully saturated rings. The van der Waals surface area contributed by atoms with Crippen LogP contribution in [0.1, 0.15) is 10.4 Å². The van der Waals surface area contributed by atoms with Crippen molar-refractivity contribution >= 4 is 17.5 Å². The highest BCUT2D eigenvalue weighted by molar-refractivity contribution is 8.03. The molecule has 0 saturated carbocycles. The molecule has 20 heavy (non-hydrogen) atoms. The molecule has 1 rings (SSSR count). The monoisotopic (exact) mass is 283 g/mol. The van der Waals surface area contributed by atoms with E-state index in [1.165, 1.54) is 0 Å². The molecule has 100 valence electrons. The average Bonchev–Trinajstić information content (AvgIpc) is 2.50. The fraction of sp³-hybridized carbons (Fsp3) is 0.133. The Kier molecular flexibility index (Phi) is 6.67. The summed E-state index contributed by atoms with van der Waals surface area (Å²) < 4.78 is 0. The van der Waals surface area contributed by atoms with Gasteiger partial charge in [0.15, 0.2) is 11.4 Å². The van der Waals surface area contributed by atoms with Crippen molar-refractivity contribution in [2.45, 2.75) is 0 Å². The number of allylic oxidation sites excluding steroid dienone is 1. The van der Waals surface area contributed by atoms with E-state index in [4.69, 9.17) is 10.5 Å². The molecule has 4 nitrogen and oxygen atoms in total. The summed E-state index contributed by atoms with van der Waals surface area (Å²) in [4.78, 5) is 12.0. The first-order valence-corrected chi connectivity index (χ1v) is 6.81. The number of benzene rings is 1. The molecular weight excluding hydrogens is 270 g/mol. The summed E-state index contributed by atoms with van der Waals surface area (Å²) in [6.07, 6.45) is 1.62. The van der Waals surface area contributed by atoms with Crippen LogP contribution in [0.15, 0.2) is 53.6 Å². The van der Waals surface area contributed by atoms with Gasteiger partial charge in [-0.2, -0.15) is 10.5 Å². The minimum absolute atomic E-state index is 0.0299. The topological polar surface area (TPSA) is 76.7 Å². The Morgan fingerprint density at radius 3 is 2.50 bits per heavy atom. The Bertz CT molecular complexity index is 578. The van der Waals surface area contributed by atoms with E-state index in [9.17, 15) is 4.79 Å². The van der Waals surface area contributed by atoms with Gasteiger partial charge in [0, 0.05) is 12.1 Å².